The van der Waals surface area contributed by atoms with E-state index in [0.29, 0.717) is 5.92 Å². The molecule has 0 spiro atoms. The van der Waals surface area contributed by atoms with E-state index in [4.69, 9.17) is 11.2 Å². The molecule has 2 fully saturated rings. The Morgan fingerprint density at radius 3 is 2.50 bits per heavy atom. The average Bonchev–Trinajstić information content (AvgIpc) is 2.25. The zero-order valence-corrected chi connectivity index (χ0v) is 9.65. The van der Waals surface area contributed by atoms with Crippen molar-refractivity contribution in [2.75, 3.05) is 13.1 Å². The van der Waals surface area contributed by atoms with E-state index in [-0.39, 0.29) is 12.2 Å². The lowest BCUT2D eigenvalue weighted by Gasteiger charge is -2.33. The minimum atomic E-state index is -0.121. The van der Waals surface area contributed by atoms with Crippen LogP contribution in [0.15, 0.2) is 0 Å². The number of carbonyl (C=O) groups is 1. The number of hydrogen-bond acceptors (Lipinski definition) is 2. The van der Waals surface area contributed by atoms with Crippen LogP contribution in [0.3, 0.4) is 0 Å². The monoisotopic (exact) mass is 221 g/mol. The molecule has 1 aliphatic heterocycles. The fourth-order valence-corrected chi connectivity index (χ4v) is 2.19. The summed E-state index contributed by atoms with van der Waals surface area (Å²) in [7, 11) is 0. The minimum Gasteiger partial charge on any atom is -0.446 e. The van der Waals surface area contributed by atoms with Gasteiger partial charge in [-0.2, -0.15) is 0 Å². The van der Waals surface area contributed by atoms with E-state index >= 15 is 0 Å². The van der Waals surface area contributed by atoms with Crippen LogP contribution in [0.2, 0.25) is 0 Å². The summed E-state index contributed by atoms with van der Waals surface area (Å²) >= 11 is 0. The lowest BCUT2D eigenvalue weighted by molar-refractivity contribution is 0.0207. The molecule has 88 valence electrons. The highest BCUT2D eigenvalue weighted by Gasteiger charge is 2.27. The van der Waals surface area contributed by atoms with Crippen molar-refractivity contribution in [2.45, 2.75) is 44.6 Å². The maximum Gasteiger partial charge on any atom is 0.410 e. The second-order valence-electron chi connectivity index (χ2n) is 4.78. The van der Waals surface area contributed by atoms with Crippen molar-refractivity contribution in [3.8, 4) is 12.3 Å². The number of terminal acetylenes is 1. The molecule has 1 saturated heterocycles. The van der Waals surface area contributed by atoms with Gasteiger partial charge in [-0.3, -0.25) is 0 Å². The van der Waals surface area contributed by atoms with Crippen LogP contribution in [0.5, 0.6) is 0 Å². The Bertz CT molecular complexity index is 283. The van der Waals surface area contributed by atoms with E-state index < -0.39 is 0 Å². The minimum absolute atomic E-state index is 0.121. The third-order valence-corrected chi connectivity index (χ3v) is 3.60. The zero-order chi connectivity index (χ0) is 11.4. The summed E-state index contributed by atoms with van der Waals surface area (Å²) in [5.41, 5.74) is 0. The van der Waals surface area contributed by atoms with Gasteiger partial charge in [-0.1, -0.05) is 0 Å². The first-order valence-corrected chi connectivity index (χ1v) is 6.18. The summed E-state index contributed by atoms with van der Waals surface area (Å²) in [5.74, 6) is 3.29. The van der Waals surface area contributed by atoms with Gasteiger partial charge in [-0.25, -0.2) is 4.79 Å². The third-order valence-electron chi connectivity index (χ3n) is 3.60. The Labute approximate surface area is 97.1 Å². The Hall–Kier alpha value is -1.17. The normalized spacial score (nSPS) is 22.3. The number of likely N-dealkylation sites (tertiary alicyclic amines) is 1. The molecule has 0 bridgehead atoms. The molecule has 1 saturated carbocycles. The predicted molar refractivity (Wildman–Crippen MR) is 61.9 cm³/mol. The highest BCUT2D eigenvalue weighted by Crippen LogP contribution is 2.25. The molecule has 2 rings (SSSR count). The molecular formula is C13H19NO2. The molecule has 1 heterocycles. The second-order valence-corrected chi connectivity index (χ2v) is 4.78. The molecule has 0 unspecified atom stereocenters. The van der Waals surface area contributed by atoms with E-state index in [1.54, 1.807) is 0 Å². The van der Waals surface area contributed by atoms with Gasteiger partial charge in [0.05, 0.1) is 0 Å². The molecule has 1 aliphatic carbocycles. The molecule has 3 heteroatoms. The van der Waals surface area contributed by atoms with E-state index in [1.165, 1.54) is 6.42 Å². The second kappa shape index (κ2) is 5.25. The van der Waals surface area contributed by atoms with Gasteiger partial charge in [-0.15, -0.1) is 12.3 Å². The topological polar surface area (TPSA) is 29.5 Å². The van der Waals surface area contributed by atoms with Gasteiger partial charge >= 0.3 is 6.09 Å². The highest BCUT2D eigenvalue weighted by atomic mass is 16.6. The molecule has 0 aromatic rings. The zero-order valence-electron chi connectivity index (χ0n) is 9.65. The summed E-state index contributed by atoms with van der Waals surface area (Å²) < 4.78 is 5.37. The molecular weight excluding hydrogens is 202 g/mol. The van der Waals surface area contributed by atoms with E-state index in [0.717, 1.165) is 45.2 Å². The number of carbonyl (C=O) groups excluding carboxylic acids is 1. The van der Waals surface area contributed by atoms with Crippen molar-refractivity contribution in [3.63, 3.8) is 0 Å². The van der Waals surface area contributed by atoms with Crippen LogP contribution in [-0.4, -0.2) is 30.2 Å². The molecule has 0 radical (unpaired) electrons. The Morgan fingerprint density at radius 1 is 1.31 bits per heavy atom. The number of ether oxygens (including phenoxy) is 1. The van der Waals surface area contributed by atoms with Crippen molar-refractivity contribution >= 4 is 6.09 Å². The summed E-state index contributed by atoms with van der Waals surface area (Å²) in [6, 6.07) is 0. The number of amides is 1. The van der Waals surface area contributed by atoms with Gasteiger partial charge in [0.1, 0.15) is 6.10 Å². The summed E-state index contributed by atoms with van der Waals surface area (Å²) in [5, 5.41) is 0. The fraction of sp³-hybridized carbons (Fsp3) is 0.769. The standard InChI is InChI=1S/C13H19NO2/c1-2-4-11-7-9-14(10-8-11)13(15)16-12-5-3-6-12/h1,11-12H,3-10H2. The maximum atomic E-state index is 11.7. The van der Waals surface area contributed by atoms with Crippen LogP contribution < -0.4 is 0 Å². The molecule has 3 nitrogen and oxygen atoms in total. The first-order chi connectivity index (χ1) is 7.79. The lowest BCUT2D eigenvalue weighted by Crippen LogP contribution is -2.41. The van der Waals surface area contributed by atoms with Gasteiger partial charge in [0.2, 0.25) is 0 Å². The molecule has 0 aromatic carbocycles. The average molecular weight is 221 g/mol. The maximum absolute atomic E-state index is 11.7. The van der Waals surface area contributed by atoms with Crippen molar-refractivity contribution in [1.29, 1.82) is 0 Å². The van der Waals surface area contributed by atoms with Crippen molar-refractivity contribution in [3.05, 3.63) is 0 Å². The van der Waals surface area contributed by atoms with Gasteiger partial charge in [0.25, 0.3) is 0 Å². The lowest BCUT2D eigenvalue weighted by atomic mass is 9.94. The number of hydrogen-bond donors (Lipinski definition) is 0. The Kier molecular flexibility index (Phi) is 3.71. The predicted octanol–water partition coefficient (Wildman–Crippen LogP) is 2.41. The largest absolute Gasteiger partial charge is 0.446 e. The van der Waals surface area contributed by atoms with Crippen LogP contribution in [0.4, 0.5) is 4.79 Å². The quantitative estimate of drug-likeness (QED) is 0.670. The number of piperidine rings is 1. The number of rotatable bonds is 2. The van der Waals surface area contributed by atoms with Gasteiger partial charge < -0.3 is 9.64 Å². The van der Waals surface area contributed by atoms with Crippen LogP contribution in [0, 0.1) is 18.3 Å². The first-order valence-electron chi connectivity index (χ1n) is 6.18. The van der Waals surface area contributed by atoms with Crippen molar-refractivity contribution in [2.24, 2.45) is 5.92 Å². The van der Waals surface area contributed by atoms with Gasteiger partial charge in [-0.05, 0) is 38.0 Å². The van der Waals surface area contributed by atoms with E-state index in [2.05, 4.69) is 5.92 Å². The molecule has 2 aliphatic rings. The molecule has 0 aromatic heterocycles. The molecule has 1 amide bonds. The summed E-state index contributed by atoms with van der Waals surface area (Å²) in [6.07, 6.45) is 11.5. The van der Waals surface area contributed by atoms with Crippen LogP contribution >= 0.6 is 0 Å². The number of nitrogens with zero attached hydrogens (tertiary/aromatic N) is 1. The first kappa shape index (κ1) is 11.3. The molecule has 16 heavy (non-hydrogen) atoms. The summed E-state index contributed by atoms with van der Waals surface area (Å²) in [4.78, 5) is 13.6. The smallest absolute Gasteiger partial charge is 0.410 e. The Morgan fingerprint density at radius 2 is 2.00 bits per heavy atom. The van der Waals surface area contributed by atoms with Crippen LogP contribution in [0.1, 0.15) is 38.5 Å². The van der Waals surface area contributed by atoms with E-state index in [9.17, 15) is 4.79 Å². The molecule has 0 N–H and O–H groups in total. The van der Waals surface area contributed by atoms with Crippen molar-refractivity contribution < 1.29 is 9.53 Å². The van der Waals surface area contributed by atoms with E-state index in [1.807, 2.05) is 4.90 Å². The Balaban J connectivity index is 1.71. The highest BCUT2D eigenvalue weighted by molar-refractivity contribution is 5.68. The third kappa shape index (κ3) is 2.69. The van der Waals surface area contributed by atoms with Crippen molar-refractivity contribution in [1.82, 2.24) is 4.90 Å². The SMILES string of the molecule is C#CCC1CCN(C(=O)OC2CCC2)CC1. The molecule has 0 atom stereocenters. The van der Waals surface area contributed by atoms with Gasteiger partial charge in [0, 0.05) is 19.5 Å². The van der Waals surface area contributed by atoms with Crippen LogP contribution in [-0.2, 0) is 4.74 Å². The van der Waals surface area contributed by atoms with Crippen LogP contribution in [0.25, 0.3) is 0 Å². The fourth-order valence-electron chi connectivity index (χ4n) is 2.19. The summed E-state index contributed by atoms with van der Waals surface area (Å²) in [6.45, 7) is 1.61. The van der Waals surface area contributed by atoms with Gasteiger partial charge in [0.15, 0.2) is 0 Å².